The van der Waals surface area contributed by atoms with E-state index in [1.54, 1.807) is 29.6 Å². The van der Waals surface area contributed by atoms with Crippen molar-refractivity contribution in [3.63, 3.8) is 0 Å². The van der Waals surface area contributed by atoms with Gasteiger partial charge >= 0.3 is 0 Å². The highest BCUT2D eigenvalue weighted by Gasteiger charge is 2.15. The van der Waals surface area contributed by atoms with Crippen LogP contribution in [0.25, 0.3) is 5.69 Å². The van der Waals surface area contributed by atoms with Gasteiger partial charge in [-0.1, -0.05) is 36.4 Å². The summed E-state index contributed by atoms with van der Waals surface area (Å²) in [6, 6.07) is 18.8. The molecule has 0 aliphatic carbocycles. The first kappa shape index (κ1) is 21.5. The molecule has 0 aliphatic heterocycles. The van der Waals surface area contributed by atoms with Crippen LogP contribution >= 0.6 is 11.3 Å². The molecule has 32 heavy (non-hydrogen) atoms. The van der Waals surface area contributed by atoms with Gasteiger partial charge in [0, 0.05) is 28.7 Å². The summed E-state index contributed by atoms with van der Waals surface area (Å²) in [5.74, 6) is -0.361. The summed E-state index contributed by atoms with van der Waals surface area (Å²) in [6.45, 7) is 4.33. The van der Waals surface area contributed by atoms with E-state index in [2.05, 4.69) is 20.7 Å². The summed E-state index contributed by atoms with van der Waals surface area (Å²) in [4.78, 5) is 29.1. The van der Waals surface area contributed by atoms with Gasteiger partial charge in [0.1, 0.15) is 0 Å². The van der Waals surface area contributed by atoms with E-state index >= 15 is 0 Å². The predicted octanol–water partition coefficient (Wildman–Crippen LogP) is 4.06. The minimum Gasteiger partial charge on any atom is -0.352 e. The van der Waals surface area contributed by atoms with Crippen molar-refractivity contribution in [2.75, 3.05) is 5.32 Å². The van der Waals surface area contributed by atoms with Gasteiger partial charge < -0.3 is 5.32 Å². The number of rotatable bonds is 7. The second-order valence-corrected chi connectivity index (χ2v) is 8.17. The number of carbonyl (C=O) groups excluding carboxylic acids is 2. The lowest BCUT2D eigenvalue weighted by molar-refractivity contribution is -0.120. The zero-order valence-corrected chi connectivity index (χ0v) is 18.6. The lowest BCUT2D eigenvalue weighted by Gasteiger charge is -2.07. The Labute approximate surface area is 190 Å². The van der Waals surface area contributed by atoms with Crippen molar-refractivity contribution in [1.82, 2.24) is 20.1 Å². The summed E-state index contributed by atoms with van der Waals surface area (Å²) in [5.41, 5.74) is 5.03. The van der Waals surface area contributed by atoms with Crippen molar-refractivity contribution in [2.45, 2.75) is 26.8 Å². The summed E-state index contributed by atoms with van der Waals surface area (Å²) in [5, 5.41) is 12.6. The highest BCUT2D eigenvalue weighted by atomic mass is 32.1. The zero-order valence-electron chi connectivity index (χ0n) is 17.8. The van der Waals surface area contributed by atoms with Crippen LogP contribution in [0.3, 0.4) is 0 Å². The van der Waals surface area contributed by atoms with Gasteiger partial charge in [-0.2, -0.15) is 5.10 Å². The standard InChI is InChI=1S/C24H23N5O2S/c1-16-21(17(2)29(28-16)20-11-7-4-8-12-20)14-25-22(30)13-19-15-32-24(26-19)27-23(31)18-9-5-3-6-10-18/h3-12,15H,13-14H2,1-2H3,(H,25,30)(H,26,27,31). The molecule has 2 aromatic heterocycles. The fourth-order valence-corrected chi connectivity index (χ4v) is 4.08. The predicted molar refractivity (Wildman–Crippen MR) is 125 cm³/mol. The smallest absolute Gasteiger partial charge is 0.257 e. The van der Waals surface area contributed by atoms with Crippen molar-refractivity contribution in [1.29, 1.82) is 0 Å². The van der Waals surface area contributed by atoms with Crippen molar-refractivity contribution < 1.29 is 9.59 Å². The van der Waals surface area contributed by atoms with Crippen molar-refractivity contribution in [3.05, 3.63) is 94.3 Å². The number of aryl methyl sites for hydroxylation is 1. The van der Waals surface area contributed by atoms with Crippen LogP contribution in [-0.4, -0.2) is 26.6 Å². The van der Waals surface area contributed by atoms with Crippen LogP contribution < -0.4 is 10.6 Å². The zero-order chi connectivity index (χ0) is 22.5. The number of benzene rings is 2. The van der Waals surface area contributed by atoms with Crippen LogP contribution in [-0.2, 0) is 17.8 Å². The molecule has 162 valence electrons. The maximum Gasteiger partial charge on any atom is 0.257 e. The largest absolute Gasteiger partial charge is 0.352 e. The maximum atomic E-state index is 12.5. The van der Waals surface area contributed by atoms with E-state index in [1.807, 2.05) is 54.9 Å². The molecule has 0 radical (unpaired) electrons. The van der Waals surface area contributed by atoms with E-state index in [0.29, 0.717) is 22.9 Å². The van der Waals surface area contributed by atoms with Crippen LogP contribution in [0.2, 0.25) is 0 Å². The van der Waals surface area contributed by atoms with Gasteiger partial charge in [-0.15, -0.1) is 11.3 Å². The Morgan fingerprint density at radius 3 is 2.41 bits per heavy atom. The van der Waals surface area contributed by atoms with Crippen molar-refractivity contribution in [3.8, 4) is 5.69 Å². The number of nitrogens with zero attached hydrogens (tertiary/aromatic N) is 3. The minimum absolute atomic E-state index is 0.137. The molecule has 4 aromatic rings. The average molecular weight is 446 g/mol. The van der Waals surface area contributed by atoms with Crippen LogP contribution in [0.4, 0.5) is 5.13 Å². The molecular weight excluding hydrogens is 422 g/mol. The normalized spacial score (nSPS) is 10.7. The number of anilines is 1. The van der Waals surface area contributed by atoms with Gasteiger partial charge in [0.25, 0.3) is 5.91 Å². The van der Waals surface area contributed by atoms with Gasteiger partial charge in [0.2, 0.25) is 5.91 Å². The highest BCUT2D eigenvalue weighted by Crippen LogP contribution is 2.19. The maximum absolute atomic E-state index is 12.5. The molecule has 7 nitrogen and oxygen atoms in total. The second kappa shape index (κ2) is 9.57. The summed E-state index contributed by atoms with van der Waals surface area (Å²) in [7, 11) is 0. The molecule has 4 rings (SSSR count). The molecule has 0 fully saturated rings. The number of para-hydroxylation sites is 1. The number of nitrogens with one attached hydrogen (secondary N) is 2. The van der Waals surface area contributed by atoms with Crippen LogP contribution in [0, 0.1) is 13.8 Å². The van der Waals surface area contributed by atoms with Gasteiger partial charge in [0.15, 0.2) is 5.13 Å². The third-order valence-corrected chi connectivity index (χ3v) is 5.86. The molecule has 0 atom stereocenters. The van der Waals surface area contributed by atoms with E-state index in [9.17, 15) is 9.59 Å². The third kappa shape index (κ3) is 4.92. The van der Waals surface area contributed by atoms with E-state index < -0.39 is 0 Å². The molecule has 0 spiro atoms. The molecule has 8 heteroatoms. The van der Waals surface area contributed by atoms with Crippen molar-refractivity contribution in [2.24, 2.45) is 0 Å². The summed E-state index contributed by atoms with van der Waals surface area (Å²) in [6.07, 6.45) is 0.141. The molecule has 2 amide bonds. The van der Waals surface area contributed by atoms with Gasteiger partial charge in [0.05, 0.1) is 23.5 Å². The van der Waals surface area contributed by atoms with Crippen LogP contribution in [0.15, 0.2) is 66.0 Å². The molecule has 0 saturated heterocycles. The average Bonchev–Trinajstić information content (AvgIpc) is 3.36. The quantitative estimate of drug-likeness (QED) is 0.449. The van der Waals surface area contributed by atoms with E-state index in [1.165, 1.54) is 11.3 Å². The number of carbonyl (C=O) groups is 2. The van der Waals surface area contributed by atoms with Crippen molar-refractivity contribution >= 4 is 28.3 Å². The first-order valence-corrected chi connectivity index (χ1v) is 11.1. The SMILES string of the molecule is Cc1nn(-c2ccccc2)c(C)c1CNC(=O)Cc1csc(NC(=O)c2ccccc2)n1. The highest BCUT2D eigenvalue weighted by molar-refractivity contribution is 7.14. The molecule has 0 aliphatic rings. The first-order valence-electron chi connectivity index (χ1n) is 10.2. The Morgan fingerprint density at radius 2 is 1.69 bits per heavy atom. The Balaban J connectivity index is 1.34. The summed E-state index contributed by atoms with van der Waals surface area (Å²) < 4.78 is 1.89. The Hall–Kier alpha value is -3.78. The number of hydrogen-bond donors (Lipinski definition) is 2. The Kier molecular flexibility index (Phi) is 6.42. The molecule has 2 aromatic carbocycles. The van der Waals surface area contributed by atoms with E-state index in [-0.39, 0.29) is 18.2 Å². The fraction of sp³-hybridized carbons (Fsp3) is 0.167. The number of aromatic nitrogens is 3. The fourth-order valence-electron chi connectivity index (χ4n) is 3.37. The summed E-state index contributed by atoms with van der Waals surface area (Å²) >= 11 is 1.30. The molecule has 0 bridgehead atoms. The van der Waals surface area contributed by atoms with Gasteiger partial charge in [-0.05, 0) is 38.1 Å². The second-order valence-electron chi connectivity index (χ2n) is 7.31. The van der Waals surface area contributed by atoms with Gasteiger partial charge in [-0.25, -0.2) is 9.67 Å². The molecular formula is C24H23N5O2S. The Morgan fingerprint density at radius 1 is 1.00 bits per heavy atom. The van der Waals surface area contributed by atoms with Crippen LogP contribution in [0.5, 0.6) is 0 Å². The number of hydrogen-bond acceptors (Lipinski definition) is 5. The molecule has 2 N–H and O–H groups in total. The number of thiazole rings is 1. The first-order chi connectivity index (χ1) is 15.5. The molecule has 2 heterocycles. The third-order valence-electron chi connectivity index (χ3n) is 5.05. The molecule has 0 saturated carbocycles. The minimum atomic E-state index is -0.225. The van der Waals surface area contributed by atoms with E-state index in [0.717, 1.165) is 22.6 Å². The topological polar surface area (TPSA) is 88.9 Å². The number of amides is 2. The lowest BCUT2D eigenvalue weighted by atomic mass is 10.2. The lowest BCUT2D eigenvalue weighted by Crippen LogP contribution is -2.25. The van der Waals surface area contributed by atoms with E-state index in [4.69, 9.17) is 0 Å². The van der Waals surface area contributed by atoms with Gasteiger partial charge in [-0.3, -0.25) is 14.9 Å². The Bertz CT molecular complexity index is 1230. The monoisotopic (exact) mass is 445 g/mol. The molecule has 0 unspecified atom stereocenters. The van der Waals surface area contributed by atoms with Crippen LogP contribution in [0.1, 0.15) is 33.0 Å².